The number of nitrogens with one attached hydrogen (secondary N) is 1. The van der Waals surface area contributed by atoms with E-state index in [1.807, 2.05) is 36.7 Å². The molecule has 0 saturated heterocycles. The van der Waals surface area contributed by atoms with Gasteiger partial charge in [0.2, 0.25) is 0 Å². The van der Waals surface area contributed by atoms with Crippen molar-refractivity contribution in [3.05, 3.63) is 48.5 Å². The van der Waals surface area contributed by atoms with E-state index in [0.29, 0.717) is 5.82 Å². The molecule has 1 aromatic carbocycles. The lowest BCUT2D eigenvalue weighted by Gasteiger charge is -2.02. The van der Waals surface area contributed by atoms with E-state index in [9.17, 15) is 0 Å². The first kappa shape index (κ1) is 11.9. The molecule has 1 N–H and O–H groups in total. The van der Waals surface area contributed by atoms with Crippen molar-refractivity contribution in [1.29, 1.82) is 0 Å². The van der Waals surface area contributed by atoms with Crippen LogP contribution in [0.25, 0.3) is 22.4 Å². The van der Waals surface area contributed by atoms with E-state index in [0.717, 1.165) is 35.2 Å². The highest BCUT2D eigenvalue weighted by Gasteiger charge is 2.09. The zero-order chi connectivity index (χ0) is 13.1. The first-order valence-electron chi connectivity index (χ1n) is 6.36. The standard InChI is InChI=1S/C15H15N3O/c1-2-16-7-11-8-17-15(18-9-11)13-10-19-14-6-4-3-5-12(13)14/h3-6,8-10,16H,2,7H2,1H3. The third-order valence-corrected chi connectivity index (χ3v) is 3.01. The summed E-state index contributed by atoms with van der Waals surface area (Å²) in [6.07, 6.45) is 5.42. The minimum atomic E-state index is 0.699. The normalized spacial score (nSPS) is 11.0. The first-order valence-corrected chi connectivity index (χ1v) is 6.36. The lowest BCUT2D eigenvalue weighted by Crippen LogP contribution is -2.12. The maximum Gasteiger partial charge on any atom is 0.163 e. The molecule has 3 rings (SSSR count). The van der Waals surface area contributed by atoms with E-state index >= 15 is 0 Å². The molecular weight excluding hydrogens is 238 g/mol. The summed E-state index contributed by atoms with van der Waals surface area (Å²) in [6, 6.07) is 7.90. The lowest BCUT2D eigenvalue weighted by atomic mass is 10.1. The molecule has 2 aromatic heterocycles. The highest BCUT2D eigenvalue weighted by Crippen LogP contribution is 2.27. The second kappa shape index (κ2) is 5.20. The average Bonchev–Trinajstić information content (AvgIpc) is 2.90. The smallest absolute Gasteiger partial charge is 0.163 e. The van der Waals surface area contributed by atoms with Crippen molar-refractivity contribution < 1.29 is 4.42 Å². The van der Waals surface area contributed by atoms with Crippen molar-refractivity contribution in [2.45, 2.75) is 13.5 Å². The maximum atomic E-state index is 5.51. The first-order chi connectivity index (χ1) is 9.38. The van der Waals surface area contributed by atoms with Gasteiger partial charge in [-0.25, -0.2) is 9.97 Å². The number of benzene rings is 1. The molecule has 3 aromatic rings. The second-order valence-electron chi connectivity index (χ2n) is 4.34. The summed E-state index contributed by atoms with van der Waals surface area (Å²) in [5.41, 5.74) is 2.88. The van der Waals surface area contributed by atoms with Gasteiger partial charge >= 0.3 is 0 Å². The topological polar surface area (TPSA) is 51.0 Å². The summed E-state index contributed by atoms with van der Waals surface area (Å²) in [4.78, 5) is 8.83. The van der Waals surface area contributed by atoms with Crippen LogP contribution in [0.3, 0.4) is 0 Å². The Balaban J connectivity index is 1.93. The van der Waals surface area contributed by atoms with Crippen LogP contribution in [0.2, 0.25) is 0 Å². The zero-order valence-electron chi connectivity index (χ0n) is 10.8. The number of hydrogen-bond donors (Lipinski definition) is 1. The predicted octanol–water partition coefficient (Wildman–Crippen LogP) is 3.00. The Labute approximate surface area is 111 Å². The SMILES string of the molecule is CCNCc1cnc(-c2coc3ccccc23)nc1. The number of hydrogen-bond acceptors (Lipinski definition) is 4. The molecule has 0 aliphatic carbocycles. The van der Waals surface area contributed by atoms with E-state index in [4.69, 9.17) is 4.42 Å². The van der Waals surface area contributed by atoms with Crippen LogP contribution in [0, 0.1) is 0 Å². The number of rotatable bonds is 4. The average molecular weight is 253 g/mol. The van der Waals surface area contributed by atoms with Gasteiger partial charge in [0, 0.05) is 29.9 Å². The van der Waals surface area contributed by atoms with Crippen LogP contribution in [0.15, 0.2) is 47.3 Å². The van der Waals surface area contributed by atoms with Crippen LogP contribution >= 0.6 is 0 Å². The van der Waals surface area contributed by atoms with Crippen molar-refractivity contribution in [2.75, 3.05) is 6.54 Å². The summed E-state index contributed by atoms with van der Waals surface area (Å²) in [6.45, 7) is 3.81. The van der Waals surface area contributed by atoms with E-state index in [-0.39, 0.29) is 0 Å². The van der Waals surface area contributed by atoms with Crippen LogP contribution in [0.5, 0.6) is 0 Å². The molecular formula is C15H15N3O. The highest BCUT2D eigenvalue weighted by molar-refractivity contribution is 5.91. The Morgan fingerprint density at radius 3 is 2.74 bits per heavy atom. The Hall–Kier alpha value is -2.20. The molecule has 0 amide bonds. The number of fused-ring (bicyclic) bond motifs is 1. The summed E-state index contributed by atoms with van der Waals surface area (Å²) in [5, 5.41) is 4.29. The molecule has 0 fully saturated rings. The largest absolute Gasteiger partial charge is 0.464 e. The van der Waals surface area contributed by atoms with Crippen molar-refractivity contribution >= 4 is 11.0 Å². The fourth-order valence-electron chi connectivity index (χ4n) is 2.01. The molecule has 2 heterocycles. The Morgan fingerprint density at radius 2 is 1.95 bits per heavy atom. The summed E-state index contributed by atoms with van der Waals surface area (Å²) in [5.74, 6) is 0.699. The van der Waals surface area contributed by atoms with Gasteiger partial charge in [0.25, 0.3) is 0 Å². The van der Waals surface area contributed by atoms with E-state index in [1.54, 1.807) is 6.26 Å². The molecule has 4 nitrogen and oxygen atoms in total. The zero-order valence-corrected chi connectivity index (χ0v) is 10.8. The third kappa shape index (κ3) is 2.35. The molecule has 0 atom stereocenters. The van der Waals surface area contributed by atoms with Crippen molar-refractivity contribution in [1.82, 2.24) is 15.3 Å². The van der Waals surface area contributed by atoms with Gasteiger partial charge < -0.3 is 9.73 Å². The minimum absolute atomic E-state index is 0.699. The fourth-order valence-corrected chi connectivity index (χ4v) is 2.01. The molecule has 0 saturated carbocycles. The summed E-state index contributed by atoms with van der Waals surface area (Å²) in [7, 11) is 0. The third-order valence-electron chi connectivity index (χ3n) is 3.01. The summed E-state index contributed by atoms with van der Waals surface area (Å²) < 4.78 is 5.51. The van der Waals surface area contributed by atoms with Gasteiger partial charge in [-0.2, -0.15) is 0 Å². The van der Waals surface area contributed by atoms with Gasteiger partial charge in [-0.1, -0.05) is 25.1 Å². The molecule has 0 aliphatic rings. The van der Waals surface area contributed by atoms with Crippen molar-refractivity contribution in [3.63, 3.8) is 0 Å². The molecule has 0 spiro atoms. The Kier molecular flexibility index (Phi) is 3.25. The van der Waals surface area contributed by atoms with Gasteiger partial charge in [-0.05, 0) is 12.6 Å². The molecule has 0 aliphatic heterocycles. The molecule has 96 valence electrons. The quantitative estimate of drug-likeness (QED) is 0.776. The van der Waals surface area contributed by atoms with Gasteiger partial charge in [-0.3, -0.25) is 0 Å². The van der Waals surface area contributed by atoms with Crippen LogP contribution in [0.4, 0.5) is 0 Å². The van der Waals surface area contributed by atoms with E-state index in [1.165, 1.54) is 0 Å². The predicted molar refractivity (Wildman–Crippen MR) is 74.6 cm³/mol. The molecule has 19 heavy (non-hydrogen) atoms. The molecule has 4 heteroatoms. The number of furan rings is 1. The van der Waals surface area contributed by atoms with Crippen LogP contribution in [-0.4, -0.2) is 16.5 Å². The number of nitrogens with zero attached hydrogens (tertiary/aromatic N) is 2. The van der Waals surface area contributed by atoms with Crippen LogP contribution in [0.1, 0.15) is 12.5 Å². The van der Waals surface area contributed by atoms with E-state index < -0.39 is 0 Å². The number of aromatic nitrogens is 2. The van der Waals surface area contributed by atoms with Gasteiger partial charge in [0.05, 0.1) is 5.56 Å². The second-order valence-corrected chi connectivity index (χ2v) is 4.34. The fraction of sp³-hybridized carbons (Fsp3) is 0.200. The van der Waals surface area contributed by atoms with Crippen LogP contribution < -0.4 is 5.32 Å². The molecule has 0 unspecified atom stereocenters. The van der Waals surface area contributed by atoms with Gasteiger partial charge in [0.15, 0.2) is 5.82 Å². The van der Waals surface area contributed by atoms with Crippen molar-refractivity contribution in [3.8, 4) is 11.4 Å². The lowest BCUT2D eigenvalue weighted by molar-refractivity contribution is 0.616. The highest BCUT2D eigenvalue weighted by atomic mass is 16.3. The Morgan fingerprint density at radius 1 is 1.16 bits per heavy atom. The van der Waals surface area contributed by atoms with Gasteiger partial charge in [-0.15, -0.1) is 0 Å². The monoisotopic (exact) mass is 253 g/mol. The van der Waals surface area contributed by atoms with Crippen LogP contribution in [-0.2, 0) is 6.54 Å². The molecule has 0 bridgehead atoms. The summed E-state index contributed by atoms with van der Waals surface area (Å²) >= 11 is 0. The molecule has 0 radical (unpaired) electrons. The minimum Gasteiger partial charge on any atom is -0.464 e. The van der Waals surface area contributed by atoms with E-state index in [2.05, 4.69) is 22.2 Å². The van der Waals surface area contributed by atoms with Crippen molar-refractivity contribution in [2.24, 2.45) is 0 Å². The number of para-hydroxylation sites is 1. The van der Waals surface area contributed by atoms with Gasteiger partial charge in [0.1, 0.15) is 11.8 Å². The maximum absolute atomic E-state index is 5.51. The Bertz CT molecular complexity index is 673.